The summed E-state index contributed by atoms with van der Waals surface area (Å²) in [5.74, 6) is 1.15. The van der Waals surface area contributed by atoms with Gasteiger partial charge in [0.05, 0.1) is 23.3 Å². The molecule has 0 spiro atoms. The Morgan fingerprint density at radius 1 is 1.27 bits per heavy atom. The van der Waals surface area contributed by atoms with Crippen LogP contribution >= 0.6 is 0 Å². The Balaban J connectivity index is 1.92. The molecule has 0 bridgehead atoms. The van der Waals surface area contributed by atoms with Gasteiger partial charge in [-0.1, -0.05) is 26.0 Å². The normalized spacial score (nSPS) is 19.0. The van der Waals surface area contributed by atoms with Crippen LogP contribution in [0.2, 0.25) is 0 Å². The molecule has 1 aliphatic heterocycles. The van der Waals surface area contributed by atoms with Gasteiger partial charge in [-0.2, -0.15) is 0 Å². The zero-order valence-corrected chi connectivity index (χ0v) is 12.8. The number of hydrogen-bond donors (Lipinski definition) is 1. The number of benzene rings is 1. The van der Waals surface area contributed by atoms with Crippen LogP contribution in [0.15, 0.2) is 30.5 Å². The Hall–Kier alpha value is -2.37. The van der Waals surface area contributed by atoms with Crippen LogP contribution in [0.5, 0.6) is 0 Å². The number of rotatable bonds is 2. The standard InChI is InChI=1S/C16H20N4O2/c1-11(2)14-10-19(16(21)22)7-8-20(14)15-9-17-12-5-3-4-6-13(12)18-15/h3-6,9,11,14H,7-8,10H2,1-2H3,(H,21,22). The third kappa shape index (κ3) is 2.68. The molecule has 3 rings (SSSR count). The summed E-state index contributed by atoms with van der Waals surface area (Å²) in [6.07, 6.45) is 0.934. The molecule has 116 valence electrons. The molecule has 1 atom stereocenters. The quantitative estimate of drug-likeness (QED) is 0.922. The molecule has 0 aliphatic carbocycles. The average Bonchev–Trinajstić information content (AvgIpc) is 2.53. The summed E-state index contributed by atoms with van der Waals surface area (Å²) >= 11 is 0. The van der Waals surface area contributed by atoms with Crippen LogP contribution in [0.3, 0.4) is 0 Å². The lowest BCUT2D eigenvalue weighted by molar-refractivity contribution is 0.129. The molecule has 1 aliphatic rings. The molecule has 2 aromatic rings. The maximum Gasteiger partial charge on any atom is 0.407 e. The first-order chi connectivity index (χ1) is 10.6. The molecule has 1 fully saturated rings. The molecular formula is C16H20N4O2. The van der Waals surface area contributed by atoms with Crippen LogP contribution in [-0.4, -0.2) is 51.7 Å². The molecule has 1 aromatic carbocycles. The van der Waals surface area contributed by atoms with Crippen molar-refractivity contribution in [3.8, 4) is 0 Å². The van der Waals surface area contributed by atoms with Crippen molar-refractivity contribution >= 4 is 22.9 Å². The zero-order valence-electron chi connectivity index (χ0n) is 12.8. The highest BCUT2D eigenvalue weighted by atomic mass is 16.4. The van der Waals surface area contributed by atoms with Gasteiger partial charge in [0.15, 0.2) is 0 Å². The fraction of sp³-hybridized carbons (Fsp3) is 0.438. The van der Waals surface area contributed by atoms with Crippen molar-refractivity contribution in [3.63, 3.8) is 0 Å². The topological polar surface area (TPSA) is 69.6 Å². The molecule has 1 unspecified atom stereocenters. The smallest absolute Gasteiger partial charge is 0.407 e. The van der Waals surface area contributed by atoms with E-state index >= 15 is 0 Å². The number of carboxylic acid groups (broad SMARTS) is 1. The Kier molecular flexibility index (Phi) is 3.83. The Labute approximate surface area is 129 Å². The number of anilines is 1. The highest BCUT2D eigenvalue weighted by molar-refractivity contribution is 5.75. The van der Waals surface area contributed by atoms with Gasteiger partial charge in [0, 0.05) is 19.6 Å². The highest BCUT2D eigenvalue weighted by Gasteiger charge is 2.32. The van der Waals surface area contributed by atoms with Crippen molar-refractivity contribution in [1.82, 2.24) is 14.9 Å². The fourth-order valence-electron chi connectivity index (χ4n) is 2.92. The monoisotopic (exact) mass is 300 g/mol. The molecular weight excluding hydrogens is 280 g/mol. The van der Waals surface area contributed by atoms with E-state index in [-0.39, 0.29) is 6.04 Å². The van der Waals surface area contributed by atoms with E-state index in [2.05, 4.69) is 23.7 Å². The fourth-order valence-corrected chi connectivity index (χ4v) is 2.92. The largest absolute Gasteiger partial charge is 0.465 e. The van der Waals surface area contributed by atoms with Gasteiger partial charge in [-0.05, 0) is 18.1 Å². The van der Waals surface area contributed by atoms with Crippen molar-refractivity contribution in [3.05, 3.63) is 30.5 Å². The minimum absolute atomic E-state index is 0.111. The first-order valence-electron chi connectivity index (χ1n) is 7.52. The zero-order chi connectivity index (χ0) is 15.7. The maximum absolute atomic E-state index is 11.2. The van der Waals surface area contributed by atoms with Crippen LogP contribution in [0.1, 0.15) is 13.8 Å². The predicted molar refractivity (Wildman–Crippen MR) is 85.1 cm³/mol. The van der Waals surface area contributed by atoms with E-state index in [0.717, 1.165) is 16.9 Å². The van der Waals surface area contributed by atoms with Crippen molar-refractivity contribution < 1.29 is 9.90 Å². The summed E-state index contributed by atoms with van der Waals surface area (Å²) in [5, 5.41) is 9.22. The summed E-state index contributed by atoms with van der Waals surface area (Å²) in [5.41, 5.74) is 1.74. The molecule has 1 aromatic heterocycles. The molecule has 1 saturated heterocycles. The van der Waals surface area contributed by atoms with Crippen molar-refractivity contribution in [1.29, 1.82) is 0 Å². The Bertz CT molecular complexity index is 689. The minimum atomic E-state index is -0.852. The number of aromatic nitrogens is 2. The second-order valence-corrected chi connectivity index (χ2v) is 5.95. The van der Waals surface area contributed by atoms with Crippen LogP contribution in [0.25, 0.3) is 11.0 Å². The number of piperazine rings is 1. The maximum atomic E-state index is 11.2. The van der Waals surface area contributed by atoms with Crippen LogP contribution < -0.4 is 4.90 Å². The van der Waals surface area contributed by atoms with Crippen LogP contribution in [0, 0.1) is 5.92 Å². The van der Waals surface area contributed by atoms with Crippen molar-refractivity contribution in [2.75, 3.05) is 24.5 Å². The molecule has 1 N–H and O–H groups in total. The lowest BCUT2D eigenvalue weighted by Crippen LogP contribution is -2.56. The summed E-state index contributed by atoms with van der Waals surface area (Å²) in [6.45, 7) is 5.85. The number of nitrogens with zero attached hydrogens (tertiary/aromatic N) is 4. The lowest BCUT2D eigenvalue weighted by atomic mass is 10.00. The predicted octanol–water partition coefficient (Wildman–Crippen LogP) is 2.45. The average molecular weight is 300 g/mol. The van der Waals surface area contributed by atoms with Gasteiger partial charge in [0.1, 0.15) is 5.82 Å². The Morgan fingerprint density at radius 2 is 2.00 bits per heavy atom. The van der Waals surface area contributed by atoms with Gasteiger partial charge in [0.2, 0.25) is 0 Å². The third-order valence-corrected chi connectivity index (χ3v) is 4.19. The molecule has 0 saturated carbocycles. The number of para-hydroxylation sites is 2. The first-order valence-corrected chi connectivity index (χ1v) is 7.52. The van der Waals surface area contributed by atoms with Gasteiger partial charge in [0.25, 0.3) is 0 Å². The number of fused-ring (bicyclic) bond motifs is 1. The summed E-state index contributed by atoms with van der Waals surface area (Å²) in [7, 11) is 0. The number of hydrogen-bond acceptors (Lipinski definition) is 4. The van der Waals surface area contributed by atoms with Gasteiger partial charge < -0.3 is 14.9 Å². The van der Waals surface area contributed by atoms with Crippen molar-refractivity contribution in [2.45, 2.75) is 19.9 Å². The van der Waals surface area contributed by atoms with E-state index in [1.807, 2.05) is 24.3 Å². The molecule has 22 heavy (non-hydrogen) atoms. The van der Waals surface area contributed by atoms with Gasteiger partial charge in [-0.15, -0.1) is 0 Å². The van der Waals surface area contributed by atoms with Gasteiger partial charge in [-0.3, -0.25) is 4.98 Å². The van der Waals surface area contributed by atoms with Crippen LogP contribution in [-0.2, 0) is 0 Å². The van der Waals surface area contributed by atoms with Crippen LogP contribution in [0.4, 0.5) is 10.6 Å². The molecule has 2 heterocycles. The summed E-state index contributed by atoms with van der Waals surface area (Å²) < 4.78 is 0. The Morgan fingerprint density at radius 3 is 2.68 bits per heavy atom. The summed E-state index contributed by atoms with van der Waals surface area (Å²) in [4.78, 5) is 24.1. The van der Waals surface area contributed by atoms with Gasteiger partial charge in [-0.25, -0.2) is 9.78 Å². The second kappa shape index (κ2) is 5.79. The SMILES string of the molecule is CC(C)C1CN(C(=O)O)CCN1c1cnc2ccccc2n1. The third-order valence-electron chi connectivity index (χ3n) is 4.19. The van der Waals surface area contributed by atoms with Crippen molar-refractivity contribution in [2.24, 2.45) is 5.92 Å². The number of carbonyl (C=O) groups is 1. The van der Waals surface area contributed by atoms with E-state index in [1.165, 1.54) is 4.90 Å². The van der Waals surface area contributed by atoms with E-state index in [0.29, 0.717) is 25.6 Å². The van der Waals surface area contributed by atoms with E-state index in [4.69, 9.17) is 4.98 Å². The molecule has 1 amide bonds. The summed E-state index contributed by atoms with van der Waals surface area (Å²) in [6, 6.07) is 7.89. The second-order valence-electron chi connectivity index (χ2n) is 5.95. The molecule has 6 nitrogen and oxygen atoms in total. The minimum Gasteiger partial charge on any atom is -0.465 e. The first kappa shape index (κ1) is 14.6. The lowest BCUT2D eigenvalue weighted by Gasteiger charge is -2.42. The highest BCUT2D eigenvalue weighted by Crippen LogP contribution is 2.24. The van der Waals surface area contributed by atoms with E-state index in [1.54, 1.807) is 6.20 Å². The molecule has 6 heteroatoms. The van der Waals surface area contributed by atoms with E-state index < -0.39 is 6.09 Å². The van der Waals surface area contributed by atoms with Gasteiger partial charge >= 0.3 is 6.09 Å². The van der Waals surface area contributed by atoms with E-state index in [9.17, 15) is 9.90 Å². The number of amides is 1. The molecule has 0 radical (unpaired) electrons.